The number of alkyl halides is 1. The Labute approximate surface area is 257 Å². The van der Waals surface area contributed by atoms with Gasteiger partial charge in [0.2, 0.25) is 0 Å². The van der Waals surface area contributed by atoms with Crippen molar-refractivity contribution in [1.82, 2.24) is 19.3 Å². The first-order valence-electron chi connectivity index (χ1n) is 14.3. The van der Waals surface area contributed by atoms with Crippen LogP contribution in [0.4, 0.5) is 4.39 Å². The summed E-state index contributed by atoms with van der Waals surface area (Å²) < 4.78 is 29.1. The molecule has 0 saturated carbocycles. The van der Waals surface area contributed by atoms with Crippen LogP contribution in [0.15, 0.2) is 42.9 Å². The molecule has 0 spiro atoms. The molecule has 0 bridgehead atoms. The highest BCUT2D eigenvalue weighted by atomic mass is 35.5. The number of carbonyl (C=O) groups excluding carboxylic acids is 1. The maximum absolute atomic E-state index is 14.2. The van der Waals surface area contributed by atoms with E-state index in [1.807, 2.05) is 18.2 Å². The van der Waals surface area contributed by atoms with Gasteiger partial charge >= 0.3 is 5.97 Å². The van der Waals surface area contributed by atoms with Crippen molar-refractivity contribution in [2.45, 2.75) is 77.4 Å². The summed E-state index contributed by atoms with van der Waals surface area (Å²) in [7, 11) is -1.80. The molecule has 0 N–H and O–H groups in total. The normalized spacial score (nSPS) is 16.2. The first-order chi connectivity index (χ1) is 19.8. The van der Waals surface area contributed by atoms with Crippen molar-refractivity contribution in [3.8, 4) is 11.1 Å². The lowest BCUT2D eigenvalue weighted by Crippen LogP contribution is -2.41. The zero-order valence-corrected chi connectivity index (χ0v) is 27.4. The highest BCUT2D eigenvalue weighted by molar-refractivity contribution is 6.74. The number of ether oxygens (including phenoxy) is 1. The van der Waals surface area contributed by atoms with Crippen molar-refractivity contribution < 1.29 is 18.3 Å². The highest BCUT2D eigenvalue weighted by Gasteiger charge is 2.37. The van der Waals surface area contributed by atoms with Gasteiger partial charge in [-0.05, 0) is 48.7 Å². The number of aromatic nitrogens is 4. The number of halogens is 3. The largest absolute Gasteiger partial charge is 0.464 e. The summed E-state index contributed by atoms with van der Waals surface area (Å²) in [6.45, 7) is 14.0. The Morgan fingerprint density at radius 3 is 2.60 bits per heavy atom. The van der Waals surface area contributed by atoms with Crippen LogP contribution in [0.3, 0.4) is 0 Å². The first-order valence-corrected chi connectivity index (χ1v) is 17.9. The summed E-state index contributed by atoms with van der Waals surface area (Å²) in [5, 5.41) is 6.34. The molecule has 224 valence electrons. The van der Waals surface area contributed by atoms with Crippen molar-refractivity contribution in [1.29, 1.82) is 0 Å². The molecule has 0 saturated heterocycles. The molecule has 3 heterocycles. The third-order valence-corrected chi connectivity index (χ3v) is 13.7. The number of nitrogens with zero attached hydrogens (tertiary/aromatic N) is 4. The van der Waals surface area contributed by atoms with Gasteiger partial charge in [-0.25, -0.2) is 14.2 Å². The quantitative estimate of drug-likeness (QED) is 0.139. The number of rotatable bonds is 9. The van der Waals surface area contributed by atoms with Crippen LogP contribution in [0.25, 0.3) is 22.0 Å². The van der Waals surface area contributed by atoms with Crippen molar-refractivity contribution in [2.24, 2.45) is 0 Å². The number of hydrogen-bond acceptors (Lipinski definition) is 5. The summed E-state index contributed by atoms with van der Waals surface area (Å²) >= 11 is 13.7. The summed E-state index contributed by atoms with van der Waals surface area (Å²) in [4.78, 5) is 17.6. The topological polar surface area (TPSA) is 71.2 Å². The zero-order valence-electron chi connectivity index (χ0n) is 24.9. The Kier molecular flexibility index (Phi) is 8.60. The van der Waals surface area contributed by atoms with E-state index in [1.54, 1.807) is 24.0 Å². The van der Waals surface area contributed by atoms with E-state index in [9.17, 15) is 9.18 Å². The molecule has 0 fully saturated rings. The smallest absolute Gasteiger partial charge is 0.337 e. The van der Waals surface area contributed by atoms with Gasteiger partial charge in [0.25, 0.3) is 0 Å². The van der Waals surface area contributed by atoms with E-state index in [2.05, 4.69) is 51.0 Å². The fourth-order valence-corrected chi connectivity index (χ4v) is 6.64. The number of imidazole rings is 1. The van der Waals surface area contributed by atoms with E-state index in [1.165, 1.54) is 10.2 Å². The minimum Gasteiger partial charge on any atom is -0.464 e. The van der Waals surface area contributed by atoms with Gasteiger partial charge in [-0.3, -0.25) is 4.68 Å². The van der Waals surface area contributed by atoms with Gasteiger partial charge in [-0.2, -0.15) is 5.10 Å². The Balaban J connectivity index is 1.44. The standard InChI is InChI=1S/C31H37Cl2FN4O3Si/c1-7-40-30(39)29(28-25-14-21(34)16-37(25)18-35-28)38-17-23-24(32)15-22(26(33)27(23)36-38)20-10-8-19(9-11-20)12-13-41-42(5,6)31(2,3)4/h8-11,15,17-18,21,29H,7,12-14,16H2,1-6H3/t21-,29-/m1/s1. The molecule has 0 amide bonds. The molecule has 1 aliphatic rings. The van der Waals surface area contributed by atoms with Crippen LogP contribution in [0, 0.1) is 0 Å². The Morgan fingerprint density at radius 1 is 1.21 bits per heavy atom. The fourth-order valence-electron chi connectivity index (χ4n) is 5.04. The predicted molar refractivity (Wildman–Crippen MR) is 168 cm³/mol. The summed E-state index contributed by atoms with van der Waals surface area (Å²) in [6.07, 6.45) is 3.20. The molecule has 42 heavy (non-hydrogen) atoms. The van der Waals surface area contributed by atoms with Crippen LogP contribution in [0.5, 0.6) is 0 Å². The van der Waals surface area contributed by atoms with Crippen LogP contribution >= 0.6 is 23.2 Å². The van der Waals surface area contributed by atoms with Crippen LogP contribution < -0.4 is 0 Å². The van der Waals surface area contributed by atoms with Crippen molar-refractivity contribution in [3.05, 3.63) is 69.9 Å². The van der Waals surface area contributed by atoms with E-state index in [0.29, 0.717) is 38.9 Å². The lowest BCUT2D eigenvalue weighted by atomic mass is 10.0. The SMILES string of the molecule is CCOC(=O)[C@@H](c1ncn2c1C[C@@H](F)C2)n1cc2c(Cl)cc(-c3ccc(CCO[Si](C)(C)C(C)(C)C)cc3)c(Cl)c2n1. The molecule has 4 aromatic rings. The van der Waals surface area contributed by atoms with Crippen LogP contribution in [0.1, 0.15) is 50.7 Å². The molecule has 0 radical (unpaired) electrons. The lowest BCUT2D eigenvalue weighted by molar-refractivity contribution is -0.146. The average Bonchev–Trinajstić information content (AvgIpc) is 3.62. The van der Waals surface area contributed by atoms with Gasteiger partial charge in [0.15, 0.2) is 14.4 Å². The molecular formula is C31H37Cl2FN4O3Si. The number of benzene rings is 2. The maximum Gasteiger partial charge on any atom is 0.337 e. The van der Waals surface area contributed by atoms with Gasteiger partial charge in [-0.15, -0.1) is 0 Å². The second-order valence-corrected chi connectivity index (χ2v) is 17.9. The maximum atomic E-state index is 14.2. The highest BCUT2D eigenvalue weighted by Crippen LogP contribution is 2.40. The Bertz CT molecular complexity index is 1610. The van der Waals surface area contributed by atoms with E-state index >= 15 is 0 Å². The van der Waals surface area contributed by atoms with Crippen molar-refractivity contribution in [2.75, 3.05) is 13.2 Å². The molecule has 2 atom stereocenters. The van der Waals surface area contributed by atoms with E-state index in [0.717, 1.165) is 17.5 Å². The second-order valence-electron chi connectivity index (χ2n) is 12.3. The minimum absolute atomic E-state index is 0.172. The monoisotopic (exact) mass is 630 g/mol. The molecule has 7 nitrogen and oxygen atoms in total. The molecule has 5 rings (SSSR count). The first kappa shape index (κ1) is 30.7. The summed E-state index contributed by atoms with van der Waals surface area (Å²) in [5.41, 5.74) is 4.34. The van der Waals surface area contributed by atoms with Crippen LogP contribution in [0.2, 0.25) is 28.2 Å². The molecule has 2 aromatic heterocycles. The number of esters is 1. The van der Waals surface area contributed by atoms with E-state index in [-0.39, 0.29) is 24.6 Å². The molecule has 1 aliphatic heterocycles. The third kappa shape index (κ3) is 5.89. The minimum atomic E-state index is -1.80. The summed E-state index contributed by atoms with van der Waals surface area (Å²) in [6, 6.07) is 9.01. The van der Waals surface area contributed by atoms with Crippen LogP contribution in [-0.2, 0) is 33.3 Å². The van der Waals surface area contributed by atoms with Gasteiger partial charge in [0, 0.05) is 35.9 Å². The Morgan fingerprint density at radius 2 is 1.93 bits per heavy atom. The average molecular weight is 632 g/mol. The van der Waals surface area contributed by atoms with Gasteiger partial charge in [0.1, 0.15) is 11.7 Å². The molecule has 0 unspecified atom stereocenters. The molecule has 11 heteroatoms. The van der Waals surface area contributed by atoms with Crippen molar-refractivity contribution >= 4 is 48.4 Å². The van der Waals surface area contributed by atoms with Gasteiger partial charge < -0.3 is 13.7 Å². The zero-order chi connectivity index (χ0) is 30.4. The van der Waals surface area contributed by atoms with Gasteiger partial charge in [-0.1, -0.05) is 68.2 Å². The lowest BCUT2D eigenvalue weighted by Gasteiger charge is -2.36. The second kappa shape index (κ2) is 11.8. The number of hydrogen-bond donors (Lipinski definition) is 0. The molecule has 0 aliphatic carbocycles. The fraction of sp³-hybridized carbons (Fsp3) is 0.452. The van der Waals surface area contributed by atoms with E-state index in [4.69, 9.17) is 37.5 Å². The number of fused-ring (bicyclic) bond motifs is 2. The predicted octanol–water partition coefficient (Wildman–Crippen LogP) is 7.82. The number of carbonyl (C=O) groups is 1. The molecule has 2 aromatic carbocycles. The third-order valence-electron chi connectivity index (χ3n) is 8.45. The van der Waals surface area contributed by atoms with E-state index < -0.39 is 26.5 Å². The Hall–Kier alpha value is -2.72. The van der Waals surface area contributed by atoms with Crippen LogP contribution in [-0.4, -0.2) is 53.0 Å². The molecular weight excluding hydrogens is 594 g/mol. The van der Waals surface area contributed by atoms with Gasteiger partial charge in [0.05, 0.1) is 35.2 Å². The van der Waals surface area contributed by atoms with Crippen molar-refractivity contribution in [3.63, 3.8) is 0 Å². The summed E-state index contributed by atoms with van der Waals surface area (Å²) in [5.74, 6) is -0.533.